The number of anilines is 1. The number of nitrogens with two attached hydrogens (primary N) is 1. The fraction of sp³-hybridized carbons (Fsp3) is 0.222. The molecule has 1 aliphatic rings. The number of carbonyl (C=O) groups is 1. The van der Waals surface area contributed by atoms with Crippen LogP contribution in [0.5, 0.6) is 0 Å². The van der Waals surface area contributed by atoms with E-state index in [9.17, 15) is 4.79 Å². The zero-order valence-corrected chi connectivity index (χ0v) is 6.58. The molecule has 0 unspecified atom stereocenters. The van der Waals surface area contributed by atoms with E-state index in [0.29, 0.717) is 6.42 Å². The lowest BCUT2D eigenvalue weighted by Crippen LogP contribution is -2.35. The molecular formula is C9H10N2O. The number of hydrogen-bond acceptors (Lipinski definition) is 2. The summed E-state index contributed by atoms with van der Waals surface area (Å²) in [6.07, 6.45) is 0.625. The summed E-state index contributed by atoms with van der Waals surface area (Å²) in [5, 5.41) is 2.73. The van der Waals surface area contributed by atoms with Crippen LogP contribution in [-0.4, -0.2) is 11.9 Å². The summed E-state index contributed by atoms with van der Waals surface area (Å²) in [5.74, 6) is -0.101. The number of fused-ring (bicyclic) bond motifs is 2. The van der Waals surface area contributed by atoms with Gasteiger partial charge in [-0.2, -0.15) is 0 Å². The highest BCUT2D eigenvalue weighted by Crippen LogP contribution is 2.15. The Morgan fingerprint density at radius 2 is 2.33 bits per heavy atom. The van der Waals surface area contributed by atoms with E-state index < -0.39 is 6.04 Å². The Hall–Kier alpha value is -1.35. The molecule has 3 N–H and O–H groups in total. The van der Waals surface area contributed by atoms with E-state index in [4.69, 9.17) is 5.73 Å². The normalized spacial score (nSPS) is 21.4. The zero-order chi connectivity index (χ0) is 8.55. The van der Waals surface area contributed by atoms with Crippen molar-refractivity contribution in [3.8, 4) is 0 Å². The highest BCUT2D eigenvalue weighted by Gasteiger charge is 2.17. The van der Waals surface area contributed by atoms with Crippen molar-refractivity contribution in [2.75, 3.05) is 5.32 Å². The fourth-order valence-electron chi connectivity index (χ4n) is 1.36. The second-order valence-electron chi connectivity index (χ2n) is 3.00. The maximum Gasteiger partial charge on any atom is 0.241 e. The maximum atomic E-state index is 11.2. The van der Waals surface area contributed by atoms with Crippen molar-refractivity contribution in [2.24, 2.45) is 5.73 Å². The van der Waals surface area contributed by atoms with Crippen LogP contribution in [0.1, 0.15) is 5.56 Å². The van der Waals surface area contributed by atoms with Crippen molar-refractivity contribution in [3.05, 3.63) is 29.8 Å². The standard InChI is InChI=1S/C9H10N2O/c10-8-5-6-2-1-3-7(4-6)11-9(8)12/h1-4,8H,5,10H2,(H,11,12)/t8-/m0/s1. The van der Waals surface area contributed by atoms with Gasteiger partial charge in [-0.05, 0) is 24.1 Å². The molecule has 3 heteroatoms. The maximum absolute atomic E-state index is 11.2. The van der Waals surface area contributed by atoms with Gasteiger partial charge in [-0.1, -0.05) is 12.1 Å². The summed E-state index contributed by atoms with van der Waals surface area (Å²) in [4.78, 5) is 11.2. The van der Waals surface area contributed by atoms with E-state index in [-0.39, 0.29) is 5.91 Å². The van der Waals surface area contributed by atoms with E-state index in [2.05, 4.69) is 5.32 Å². The minimum atomic E-state index is -0.412. The van der Waals surface area contributed by atoms with Gasteiger partial charge < -0.3 is 11.1 Å². The molecular weight excluding hydrogens is 152 g/mol. The van der Waals surface area contributed by atoms with E-state index in [1.165, 1.54) is 0 Å². The van der Waals surface area contributed by atoms with Gasteiger partial charge in [0.25, 0.3) is 0 Å². The lowest BCUT2D eigenvalue weighted by Gasteiger charge is -2.05. The van der Waals surface area contributed by atoms with Gasteiger partial charge in [-0.3, -0.25) is 4.79 Å². The molecule has 0 aliphatic carbocycles. The summed E-state index contributed by atoms with van der Waals surface area (Å²) in [5.41, 5.74) is 7.57. The SMILES string of the molecule is N[C@H]1Cc2cccc(c2)NC1=O. The first-order valence-corrected chi connectivity index (χ1v) is 3.91. The Morgan fingerprint density at radius 1 is 1.50 bits per heavy atom. The van der Waals surface area contributed by atoms with E-state index >= 15 is 0 Å². The molecule has 3 nitrogen and oxygen atoms in total. The molecule has 0 radical (unpaired) electrons. The molecule has 1 amide bonds. The average molecular weight is 162 g/mol. The van der Waals surface area contributed by atoms with Gasteiger partial charge in [0.05, 0.1) is 6.04 Å². The highest BCUT2D eigenvalue weighted by atomic mass is 16.2. The Kier molecular flexibility index (Phi) is 1.59. The van der Waals surface area contributed by atoms with Crippen LogP contribution in [0.2, 0.25) is 0 Å². The first-order valence-electron chi connectivity index (χ1n) is 3.91. The Morgan fingerprint density at radius 3 is 3.17 bits per heavy atom. The predicted molar refractivity (Wildman–Crippen MR) is 46.8 cm³/mol. The third kappa shape index (κ3) is 1.19. The second-order valence-corrected chi connectivity index (χ2v) is 3.00. The molecule has 0 fully saturated rings. The van der Waals surface area contributed by atoms with Crippen molar-refractivity contribution < 1.29 is 4.79 Å². The molecule has 1 aromatic carbocycles. The number of nitrogens with one attached hydrogen (secondary N) is 1. The minimum absolute atomic E-state index is 0.101. The molecule has 0 spiro atoms. The van der Waals surface area contributed by atoms with Crippen LogP contribution >= 0.6 is 0 Å². The van der Waals surface area contributed by atoms with Crippen LogP contribution in [0.4, 0.5) is 5.69 Å². The summed E-state index contributed by atoms with van der Waals surface area (Å²) >= 11 is 0. The van der Waals surface area contributed by atoms with E-state index in [0.717, 1.165) is 11.3 Å². The highest BCUT2D eigenvalue weighted by molar-refractivity contribution is 5.95. The molecule has 0 aromatic heterocycles. The second kappa shape index (κ2) is 2.60. The van der Waals surface area contributed by atoms with Crippen LogP contribution < -0.4 is 11.1 Å². The summed E-state index contributed by atoms with van der Waals surface area (Å²) in [7, 11) is 0. The molecule has 0 saturated carbocycles. The molecule has 1 aromatic rings. The lowest BCUT2D eigenvalue weighted by molar-refractivity contribution is -0.117. The number of benzene rings is 1. The monoisotopic (exact) mass is 162 g/mol. The van der Waals surface area contributed by atoms with Gasteiger partial charge in [0.15, 0.2) is 0 Å². The smallest absolute Gasteiger partial charge is 0.241 e. The zero-order valence-electron chi connectivity index (χ0n) is 6.58. The van der Waals surface area contributed by atoms with Gasteiger partial charge in [0.2, 0.25) is 5.91 Å². The third-order valence-corrected chi connectivity index (χ3v) is 1.99. The number of carbonyl (C=O) groups excluding carboxylic acids is 1. The van der Waals surface area contributed by atoms with Gasteiger partial charge in [0.1, 0.15) is 0 Å². The minimum Gasteiger partial charge on any atom is -0.325 e. The lowest BCUT2D eigenvalue weighted by atomic mass is 10.1. The van der Waals surface area contributed by atoms with Gasteiger partial charge in [-0.25, -0.2) is 0 Å². The largest absolute Gasteiger partial charge is 0.325 e. The fourth-order valence-corrected chi connectivity index (χ4v) is 1.36. The number of rotatable bonds is 0. The molecule has 1 heterocycles. The van der Waals surface area contributed by atoms with E-state index in [1.54, 1.807) is 0 Å². The Labute approximate surface area is 70.6 Å². The summed E-state index contributed by atoms with van der Waals surface area (Å²) in [6.45, 7) is 0. The van der Waals surface area contributed by atoms with Gasteiger partial charge in [-0.15, -0.1) is 0 Å². The summed E-state index contributed by atoms with van der Waals surface area (Å²) in [6, 6.07) is 7.29. The van der Waals surface area contributed by atoms with Crippen LogP contribution in [-0.2, 0) is 11.2 Å². The van der Waals surface area contributed by atoms with Crippen molar-refractivity contribution in [2.45, 2.75) is 12.5 Å². The molecule has 0 saturated heterocycles. The van der Waals surface area contributed by atoms with Gasteiger partial charge in [0, 0.05) is 5.69 Å². The number of amides is 1. The average Bonchev–Trinajstić information content (AvgIpc) is 2.11. The summed E-state index contributed by atoms with van der Waals surface area (Å²) < 4.78 is 0. The molecule has 1 aliphatic heterocycles. The first kappa shape index (κ1) is 7.31. The molecule has 12 heavy (non-hydrogen) atoms. The number of hydrogen-bond donors (Lipinski definition) is 2. The van der Waals surface area contributed by atoms with Crippen LogP contribution in [0.15, 0.2) is 24.3 Å². The van der Waals surface area contributed by atoms with Crippen molar-refractivity contribution in [3.63, 3.8) is 0 Å². The third-order valence-electron chi connectivity index (χ3n) is 1.99. The van der Waals surface area contributed by atoms with Crippen molar-refractivity contribution in [1.29, 1.82) is 0 Å². The predicted octanol–water partition coefficient (Wildman–Crippen LogP) is 0.508. The first-order chi connectivity index (χ1) is 5.75. The molecule has 2 bridgehead atoms. The molecule has 1 atom stereocenters. The van der Waals surface area contributed by atoms with Crippen LogP contribution in [0.3, 0.4) is 0 Å². The van der Waals surface area contributed by atoms with Crippen molar-refractivity contribution in [1.82, 2.24) is 0 Å². The van der Waals surface area contributed by atoms with Crippen molar-refractivity contribution >= 4 is 11.6 Å². The topological polar surface area (TPSA) is 55.1 Å². The Balaban J connectivity index is 2.41. The van der Waals surface area contributed by atoms with Crippen LogP contribution in [0, 0.1) is 0 Å². The Bertz CT molecular complexity index is 322. The van der Waals surface area contributed by atoms with Gasteiger partial charge >= 0.3 is 0 Å². The molecule has 2 rings (SSSR count). The molecule has 62 valence electrons. The quantitative estimate of drug-likeness (QED) is 0.584. The van der Waals surface area contributed by atoms with Crippen LogP contribution in [0.25, 0.3) is 0 Å². The van der Waals surface area contributed by atoms with E-state index in [1.807, 2.05) is 24.3 Å².